The van der Waals surface area contributed by atoms with E-state index in [1.807, 2.05) is 6.07 Å². The first kappa shape index (κ1) is 18.4. The largest absolute Gasteiger partial charge is 0.466 e. The topological polar surface area (TPSA) is 51.2 Å². The lowest BCUT2D eigenvalue weighted by Crippen LogP contribution is -2.21. The highest BCUT2D eigenvalue weighted by Crippen LogP contribution is 2.42. The lowest BCUT2D eigenvalue weighted by atomic mass is 10.3. The SMILES string of the molecule is O=C(COc1nc(C(Cl)(Cl)Cl)c(Cl)cc1Cl)Nc1ccccc1. The predicted molar refractivity (Wildman–Crippen MR) is 94.1 cm³/mol. The number of para-hydroxylation sites is 1. The van der Waals surface area contributed by atoms with Crippen LogP contribution >= 0.6 is 58.0 Å². The fraction of sp³-hybridized carbons (Fsp3) is 0.143. The first-order valence-corrected chi connectivity index (χ1v) is 8.07. The Morgan fingerprint density at radius 2 is 1.78 bits per heavy atom. The zero-order valence-corrected chi connectivity index (χ0v) is 15.1. The number of amides is 1. The second-order valence-electron chi connectivity index (χ2n) is 4.31. The molecule has 0 aliphatic carbocycles. The molecule has 122 valence electrons. The molecule has 4 nitrogen and oxygen atoms in total. The Kier molecular flexibility index (Phi) is 6.23. The maximum Gasteiger partial charge on any atom is 0.262 e. The molecule has 0 atom stereocenters. The molecule has 1 aromatic carbocycles. The van der Waals surface area contributed by atoms with Gasteiger partial charge in [0.1, 0.15) is 10.7 Å². The summed E-state index contributed by atoms with van der Waals surface area (Å²) in [6.07, 6.45) is 0. The lowest BCUT2D eigenvalue weighted by Gasteiger charge is -2.15. The van der Waals surface area contributed by atoms with Crippen molar-refractivity contribution >= 4 is 69.6 Å². The highest BCUT2D eigenvalue weighted by atomic mass is 35.6. The number of benzene rings is 1. The van der Waals surface area contributed by atoms with Crippen molar-refractivity contribution in [3.63, 3.8) is 0 Å². The maximum absolute atomic E-state index is 11.8. The number of hydrogen-bond donors (Lipinski definition) is 1. The smallest absolute Gasteiger partial charge is 0.262 e. The third kappa shape index (κ3) is 5.30. The summed E-state index contributed by atoms with van der Waals surface area (Å²) in [5.41, 5.74) is 0.602. The molecule has 1 amide bonds. The van der Waals surface area contributed by atoms with Gasteiger partial charge in [0.05, 0.1) is 5.02 Å². The van der Waals surface area contributed by atoms with Crippen LogP contribution < -0.4 is 10.1 Å². The molecule has 0 radical (unpaired) electrons. The Morgan fingerprint density at radius 1 is 1.13 bits per heavy atom. The Balaban J connectivity index is 2.07. The summed E-state index contributed by atoms with van der Waals surface area (Å²) in [5, 5.41) is 2.83. The molecule has 0 saturated heterocycles. The molecule has 1 aromatic heterocycles. The van der Waals surface area contributed by atoms with E-state index < -0.39 is 3.79 Å². The quantitative estimate of drug-likeness (QED) is 0.697. The minimum absolute atomic E-state index is 0.0352. The van der Waals surface area contributed by atoms with Crippen molar-refractivity contribution in [3.8, 4) is 5.88 Å². The van der Waals surface area contributed by atoms with Gasteiger partial charge in [0.2, 0.25) is 9.67 Å². The Labute approximate surface area is 157 Å². The van der Waals surface area contributed by atoms with E-state index in [0.717, 1.165) is 0 Å². The first-order valence-electron chi connectivity index (χ1n) is 6.18. The van der Waals surface area contributed by atoms with E-state index in [1.165, 1.54) is 6.07 Å². The molecule has 0 spiro atoms. The zero-order chi connectivity index (χ0) is 17.0. The summed E-state index contributed by atoms with van der Waals surface area (Å²) in [6.45, 7) is -0.317. The van der Waals surface area contributed by atoms with Crippen LogP contribution in [-0.2, 0) is 8.59 Å². The Morgan fingerprint density at radius 3 is 2.39 bits per heavy atom. The van der Waals surface area contributed by atoms with Crippen molar-refractivity contribution in [1.29, 1.82) is 0 Å². The number of pyridine rings is 1. The summed E-state index contributed by atoms with van der Waals surface area (Å²) < 4.78 is 3.43. The van der Waals surface area contributed by atoms with E-state index in [-0.39, 0.29) is 34.1 Å². The molecule has 0 aliphatic heterocycles. The molecule has 23 heavy (non-hydrogen) atoms. The number of aromatic nitrogens is 1. The van der Waals surface area contributed by atoms with Gasteiger partial charge in [-0.1, -0.05) is 76.2 Å². The van der Waals surface area contributed by atoms with E-state index in [4.69, 9.17) is 62.7 Å². The van der Waals surface area contributed by atoms with Crippen molar-refractivity contribution in [3.05, 3.63) is 52.1 Å². The molecule has 0 fully saturated rings. The number of nitrogens with one attached hydrogen (secondary N) is 1. The summed E-state index contributed by atoms with van der Waals surface area (Å²) in [5.74, 6) is -0.444. The molecule has 0 saturated carbocycles. The number of halogens is 5. The molecule has 1 heterocycles. The molecular weight excluding hydrogens is 405 g/mol. The van der Waals surface area contributed by atoms with E-state index in [9.17, 15) is 4.79 Å². The van der Waals surface area contributed by atoms with Gasteiger partial charge in [0.15, 0.2) is 6.61 Å². The molecule has 0 unspecified atom stereocenters. The van der Waals surface area contributed by atoms with E-state index in [0.29, 0.717) is 5.69 Å². The lowest BCUT2D eigenvalue weighted by molar-refractivity contribution is -0.118. The van der Waals surface area contributed by atoms with E-state index in [2.05, 4.69) is 10.3 Å². The van der Waals surface area contributed by atoms with Crippen LogP contribution in [0.3, 0.4) is 0 Å². The molecule has 0 aliphatic rings. The van der Waals surface area contributed by atoms with Crippen LogP contribution in [0.5, 0.6) is 5.88 Å². The van der Waals surface area contributed by atoms with Gasteiger partial charge in [-0.2, -0.15) is 0 Å². The van der Waals surface area contributed by atoms with Crippen molar-refractivity contribution < 1.29 is 9.53 Å². The summed E-state index contributed by atoms with van der Waals surface area (Å²) in [6, 6.07) is 10.2. The van der Waals surface area contributed by atoms with Crippen molar-refractivity contribution in [2.24, 2.45) is 0 Å². The maximum atomic E-state index is 11.8. The minimum Gasteiger partial charge on any atom is -0.466 e. The highest BCUT2D eigenvalue weighted by molar-refractivity contribution is 6.67. The number of carbonyl (C=O) groups is 1. The van der Waals surface area contributed by atoms with Crippen LogP contribution in [0.25, 0.3) is 0 Å². The van der Waals surface area contributed by atoms with Gasteiger partial charge in [-0.3, -0.25) is 4.79 Å². The average molecular weight is 415 g/mol. The second kappa shape index (κ2) is 7.77. The van der Waals surface area contributed by atoms with Crippen molar-refractivity contribution in [1.82, 2.24) is 4.98 Å². The van der Waals surface area contributed by atoms with Gasteiger partial charge in [-0.25, -0.2) is 4.98 Å². The van der Waals surface area contributed by atoms with Gasteiger partial charge in [-0.05, 0) is 18.2 Å². The third-order valence-corrected chi connectivity index (χ3v) is 3.66. The monoisotopic (exact) mass is 412 g/mol. The van der Waals surface area contributed by atoms with Crippen molar-refractivity contribution in [2.45, 2.75) is 3.79 Å². The standard InChI is InChI=1S/C14H9Cl5N2O2/c15-9-6-10(16)13(21-12(9)14(17,18)19)23-7-11(22)20-8-4-2-1-3-5-8/h1-6H,7H2,(H,20,22). The molecule has 2 rings (SSSR count). The molecular formula is C14H9Cl5N2O2. The molecule has 1 N–H and O–H groups in total. The van der Waals surface area contributed by atoms with Gasteiger partial charge in [-0.15, -0.1) is 0 Å². The number of rotatable bonds is 4. The summed E-state index contributed by atoms with van der Waals surface area (Å²) in [4.78, 5) is 15.8. The number of hydrogen-bond acceptors (Lipinski definition) is 3. The number of alkyl halides is 3. The number of nitrogens with zero attached hydrogens (tertiary/aromatic N) is 1. The van der Waals surface area contributed by atoms with Gasteiger partial charge in [0, 0.05) is 5.69 Å². The summed E-state index contributed by atoms with van der Waals surface area (Å²) >= 11 is 29.2. The molecule has 2 aromatic rings. The second-order valence-corrected chi connectivity index (χ2v) is 7.40. The van der Waals surface area contributed by atoms with Crippen molar-refractivity contribution in [2.75, 3.05) is 11.9 Å². The number of ether oxygens (including phenoxy) is 1. The first-order chi connectivity index (χ1) is 10.8. The van der Waals surface area contributed by atoms with Gasteiger partial charge < -0.3 is 10.1 Å². The Bertz CT molecular complexity index is 704. The molecule has 9 heteroatoms. The predicted octanol–water partition coefficient (Wildman–Crippen LogP) is 5.23. The third-order valence-electron chi connectivity index (χ3n) is 2.56. The highest BCUT2D eigenvalue weighted by Gasteiger charge is 2.29. The molecule has 0 bridgehead atoms. The normalized spacial score (nSPS) is 11.2. The fourth-order valence-corrected chi connectivity index (χ4v) is 2.73. The van der Waals surface area contributed by atoms with E-state index >= 15 is 0 Å². The number of carbonyl (C=O) groups excluding carboxylic acids is 1. The number of anilines is 1. The zero-order valence-electron chi connectivity index (χ0n) is 11.3. The van der Waals surface area contributed by atoms with Gasteiger partial charge >= 0.3 is 0 Å². The fourth-order valence-electron chi connectivity index (χ4n) is 1.60. The minimum atomic E-state index is -1.84. The summed E-state index contributed by atoms with van der Waals surface area (Å²) in [7, 11) is 0. The Hall–Kier alpha value is -0.910. The average Bonchev–Trinajstić information content (AvgIpc) is 2.46. The van der Waals surface area contributed by atoms with Gasteiger partial charge in [0.25, 0.3) is 5.91 Å². The van der Waals surface area contributed by atoms with Crippen LogP contribution in [0.4, 0.5) is 5.69 Å². The van der Waals surface area contributed by atoms with Crippen LogP contribution in [0.1, 0.15) is 5.69 Å². The van der Waals surface area contributed by atoms with Crippen LogP contribution in [0.2, 0.25) is 10.0 Å². The van der Waals surface area contributed by atoms with Crippen LogP contribution in [0.15, 0.2) is 36.4 Å². The van der Waals surface area contributed by atoms with Crippen LogP contribution in [-0.4, -0.2) is 17.5 Å². The van der Waals surface area contributed by atoms with E-state index in [1.54, 1.807) is 24.3 Å². The van der Waals surface area contributed by atoms with Crippen LogP contribution in [0, 0.1) is 0 Å².